The van der Waals surface area contributed by atoms with Crippen LogP contribution in [0.1, 0.15) is 18.9 Å². The summed E-state index contributed by atoms with van der Waals surface area (Å²) in [5.74, 6) is 0.941. The molecule has 0 unspecified atom stereocenters. The fourth-order valence-corrected chi connectivity index (χ4v) is 2.18. The van der Waals surface area contributed by atoms with Crippen LogP contribution in [0.2, 0.25) is 0 Å². The van der Waals surface area contributed by atoms with Crippen LogP contribution in [0.15, 0.2) is 42.7 Å². The molecule has 98 valence electrons. The Morgan fingerprint density at radius 3 is 2.84 bits per heavy atom. The average Bonchev–Trinajstić information content (AvgIpc) is 3.00. The third-order valence-electron chi connectivity index (χ3n) is 3.57. The minimum atomic E-state index is 0.167. The largest absolute Gasteiger partial charge is 0.352 e. The van der Waals surface area contributed by atoms with Crippen molar-refractivity contribution in [3.63, 3.8) is 0 Å². The fraction of sp³-hybridized carbons (Fsp3) is 0.333. The summed E-state index contributed by atoms with van der Waals surface area (Å²) in [6, 6.07) is 9.94. The molecule has 0 spiro atoms. The van der Waals surface area contributed by atoms with Gasteiger partial charge in [-0.3, -0.25) is 4.79 Å². The molecule has 3 rings (SSSR count). The van der Waals surface area contributed by atoms with Gasteiger partial charge in [0.1, 0.15) is 0 Å². The molecule has 0 radical (unpaired) electrons. The van der Waals surface area contributed by atoms with Crippen molar-refractivity contribution < 1.29 is 4.79 Å². The molecule has 19 heavy (non-hydrogen) atoms. The normalized spacial score (nSPS) is 21.1. The number of amides is 1. The first-order valence-corrected chi connectivity index (χ1v) is 6.61. The lowest BCUT2D eigenvalue weighted by Crippen LogP contribution is -2.24. The SMILES string of the molecule is C[C@H]1C[C@@H]1C(=O)NCc1cnn(-c2ccccc2)c1. The molecular weight excluding hydrogens is 238 g/mol. The molecule has 4 heteroatoms. The summed E-state index contributed by atoms with van der Waals surface area (Å²) in [6.07, 6.45) is 4.77. The molecule has 0 aliphatic heterocycles. The summed E-state index contributed by atoms with van der Waals surface area (Å²) in [5, 5.41) is 7.27. The highest BCUT2D eigenvalue weighted by molar-refractivity contribution is 5.81. The molecule has 2 aromatic rings. The van der Waals surface area contributed by atoms with Gasteiger partial charge in [-0.2, -0.15) is 5.10 Å². The molecule has 4 nitrogen and oxygen atoms in total. The van der Waals surface area contributed by atoms with E-state index in [-0.39, 0.29) is 11.8 Å². The van der Waals surface area contributed by atoms with E-state index < -0.39 is 0 Å². The highest BCUT2D eigenvalue weighted by Gasteiger charge is 2.38. The first kappa shape index (κ1) is 12.0. The number of rotatable bonds is 4. The standard InChI is InChI=1S/C15H17N3O/c1-11-7-14(11)15(19)16-8-12-9-17-18(10-12)13-5-3-2-4-6-13/h2-6,9-11,14H,7-8H2,1H3,(H,16,19)/t11-,14-/m0/s1. The Morgan fingerprint density at radius 2 is 2.16 bits per heavy atom. The van der Waals surface area contributed by atoms with Crippen LogP contribution in [0.4, 0.5) is 0 Å². The van der Waals surface area contributed by atoms with Gasteiger partial charge in [-0.25, -0.2) is 4.68 Å². The second-order valence-electron chi connectivity index (χ2n) is 5.17. The minimum absolute atomic E-state index is 0.167. The van der Waals surface area contributed by atoms with Crippen LogP contribution >= 0.6 is 0 Å². The lowest BCUT2D eigenvalue weighted by molar-refractivity contribution is -0.122. The Kier molecular flexibility index (Phi) is 3.07. The van der Waals surface area contributed by atoms with Crippen molar-refractivity contribution >= 4 is 5.91 Å². The van der Waals surface area contributed by atoms with Crippen molar-refractivity contribution in [2.45, 2.75) is 19.9 Å². The van der Waals surface area contributed by atoms with Gasteiger partial charge in [0, 0.05) is 24.2 Å². The van der Waals surface area contributed by atoms with E-state index in [4.69, 9.17) is 0 Å². The molecule has 1 fully saturated rings. The maximum atomic E-state index is 11.7. The third kappa shape index (κ3) is 2.67. The Hall–Kier alpha value is -2.10. The topological polar surface area (TPSA) is 46.9 Å². The Balaban J connectivity index is 1.61. The lowest BCUT2D eigenvalue weighted by atomic mass is 10.3. The van der Waals surface area contributed by atoms with E-state index in [1.165, 1.54) is 0 Å². The summed E-state index contributed by atoms with van der Waals surface area (Å²) in [5.41, 5.74) is 2.04. The molecule has 1 aliphatic carbocycles. The van der Waals surface area contributed by atoms with Gasteiger partial charge >= 0.3 is 0 Å². The van der Waals surface area contributed by atoms with Gasteiger partial charge in [-0.05, 0) is 24.5 Å². The molecule has 0 saturated heterocycles. The highest BCUT2D eigenvalue weighted by Crippen LogP contribution is 2.37. The monoisotopic (exact) mass is 255 g/mol. The number of carbonyl (C=O) groups excluding carboxylic acids is 1. The van der Waals surface area contributed by atoms with Crippen molar-refractivity contribution in [2.75, 3.05) is 0 Å². The third-order valence-corrected chi connectivity index (χ3v) is 3.57. The average molecular weight is 255 g/mol. The zero-order valence-corrected chi connectivity index (χ0v) is 10.9. The number of nitrogens with zero attached hydrogens (tertiary/aromatic N) is 2. The first-order chi connectivity index (χ1) is 9.24. The maximum Gasteiger partial charge on any atom is 0.223 e. The van der Waals surface area contributed by atoms with Crippen molar-refractivity contribution in [2.24, 2.45) is 11.8 Å². The smallest absolute Gasteiger partial charge is 0.223 e. The van der Waals surface area contributed by atoms with Crippen molar-refractivity contribution in [1.82, 2.24) is 15.1 Å². The van der Waals surface area contributed by atoms with E-state index in [1.807, 2.05) is 41.2 Å². The van der Waals surface area contributed by atoms with Gasteiger partial charge in [0.2, 0.25) is 5.91 Å². The Labute approximate surface area is 112 Å². The summed E-state index contributed by atoms with van der Waals surface area (Å²) in [7, 11) is 0. The maximum absolute atomic E-state index is 11.7. The van der Waals surface area contributed by atoms with Gasteiger partial charge < -0.3 is 5.32 Å². The molecule has 0 bridgehead atoms. The predicted octanol–water partition coefficient (Wildman–Crippen LogP) is 2.14. The van der Waals surface area contributed by atoms with Crippen molar-refractivity contribution in [3.8, 4) is 5.69 Å². The molecule has 1 aliphatic rings. The lowest BCUT2D eigenvalue weighted by Gasteiger charge is -2.02. The van der Waals surface area contributed by atoms with Crippen LogP contribution in [0.25, 0.3) is 5.69 Å². The van der Waals surface area contributed by atoms with E-state index >= 15 is 0 Å². The van der Waals surface area contributed by atoms with Crippen LogP contribution in [0, 0.1) is 11.8 Å². The van der Waals surface area contributed by atoms with E-state index in [1.54, 1.807) is 6.20 Å². The molecular formula is C15H17N3O. The number of nitrogens with one attached hydrogen (secondary N) is 1. The van der Waals surface area contributed by atoms with Crippen molar-refractivity contribution in [3.05, 3.63) is 48.3 Å². The molecule has 1 heterocycles. The predicted molar refractivity (Wildman–Crippen MR) is 72.7 cm³/mol. The van der Waals surface area contributed by atoms with Gasteiger partial charge in [0.25, 0.3) is 0 Å². The second kappa shape index (κ2) is 4.88. The summed E-state index contributed by atoms with van der Waals surface area (Å²) >= 11 is 0. The van der Waals surface area contributed by atoms with Gasteiger partial charge in [-0.1, -0.05) is 25.1 Å². The van der Waals surface area contributed by atoms with Crippen molar-refractivity contribution in [1.29, 1.82) is 0 Å². The van der Waals surface area contributed by atoms with E-state index in [0.717, 1.165) is 17.7 Å². The molecule has 1 amide bonds. The Bertz CT molecular complexity index is 576. The molecule has 1 aromatic carbocycles. The molecule has 1 N–H and O–H groups in total. The first-order valence-electron chi connectivity index (χ1n) is 6.61. The van der Waals surface area contributed by atoms with Crippen LogP contribution in [-0.2, 0) is 11.3 Å². The van der Waals surface area contributed by atoms with Crippen LogP contribution in [-0.4, -0.2) is 15.7 Å². The number of benzene rings is 1. The minimum Gasteiger partial charge on any atom is -0.352 e. The second-order valence-corrected chi connectivity index (χ2v) is 5.17. The van der Waals surface area contributed by atoms with Gasteiger partial charge in [0.15, 0.2) is 0 Å². The number of hydrogen-bond acceptors (Lipinski definition) is 2. The van der Waals surface area contributed by atoms with E-state index in [9.17, 15) is 4.79 Å². The molecule has 2 atom stereocenters. The summed E-state index contributed by atoms with van der Waals surface area (Å²) < 4.78 is 1.82. The number of carbonyl (C=O) groups is 1. The summed E-state index contributed by atoms with van der Waals surface area (Å²) in [4.78, 5) is 11.7. The van der Waals surface area contributed by atoms with E-state index in [0.29, 0.717) is 12.5 Å². The van der Waals surface area contributed by atoms with Crippen LogP contribution in [0.5, 0.6) is 0 Å². The number of hydrogen-bond donors (Lipinski definition) is 1. The summed E-state index contributed by atoms with van der Waals surface area (Å²) in [6.45, 7) is 2.66. The van der Waals surface area contributed by atoms with Gasteiger partial charge in [0.05, 0.1) is 11.9 Å². The number of para-hydroxylation sites is 1. The fourth-order valence-electron chi connectivity index (χ4n) is 2.18. The van der Waals surface area contributed by atoms with Gasteiger partial charge in [-0.15, -0.1) is 0 Å². The van der Waals surface area contributed by atoms with E-state index in [2.05, 4.69) is 17.3 Å². The zero-order valence-electron chi connectivity index (χ0n) is 10.9. The molecule has 1 aromatic heterocycles. The molecule has 1 saturated carbocycles. The quantitative estimate of drug-likeness (QED) is 0.910. The zero-order chi connectivity index (χ0) is 13.2. The number of aromatic nitrogens is 2. The highest BCUT2D eigenvalue weighted by atomic mass is 16.2. The van der Waals surface area contributed by atoms with Crippen LogP contribution < -0.4 is 5.32 Å². The Morgan fingerprint density at radius 1 is 1.42 bits per heavy atom. The van der Waals surface area contributed by atoms with Crippen LogP contribution in [0.3, 0.4) is 0 Å².